The van der Waals surface area contributed by atoms with Crippen LogP contribution in [-0.4, -0.2) is 38.8 Å². The lowest BCUT2D eigenvalue weighted by Crippen LogP contribution is -2.44. The summed E-state index contributed by atoms with van der Waals surface area (Å²) in [6.45, 7) is -0.517. The number of thiocarbonyl (C=S) groups is 1. The van der Waals surface area contributed by atoms with Crippen LogP contribution in [0.25, 0.3) is 6.08 Å². The molecule has 0 spiro atoms. The predicted molar refractivity (Wildman–Crippen MR) is 116 cm³/mol. The Hall–Kier alpha value is -2.69. The Balaban J connectivity index is 1.82. The maximum atomic E-state index is 12.7. The van der Waals surface area contributed by atoms with Crippen LogP contribution in [0, 0.1) is 0 Å². The van der Waals surface area contributed by atoms with Crippen LogP contribution >= 0.6 is 39.9 Å². The van der Waals surface area contributed by atoms with Gasteiger partial charge in [-0.05, 0) is 48.6 Å². The summed E-state index contributed by atoms with van der Waals surface area (Å²) in [6.07, 6.45) is 1.54. The van der Waals surface area contributed by atoms with Gasteiger partial charge in [0.15, 0.2) is 10.9 Å². The van der Waals surface area contributed by atoms with E-state index in [1.54, 1.807) is 48.5 Å². The Morgan fingerprint density at radius 1 is 1.24 bits per heavy atom. The Morgan fingerprint density at radius 2 is 1.97 bits per heavy atom. The summed E-state index contributed by atoms with van der Waals surface area (Å²) in [5, 5.41) is 9.83. The van der Waals surface area contributed by atoms with Crippen LogP contribution in [0.3, 0.4) is 0 Å². The van der Waals surface area contributed by atoms with Crippen LogP contribution < -0.4 is 10.2 Å². The van der Waals surface area contributed by atoms with Crippen molar-refractivity contribution < 1.29 is 24.2 Å². The van der Waals surface area contributed by atoms with E-state index in [2.05, 4.69) is 21.4 Å². The van der Waals surface area contributed by atoms with E-state index in [4.69, 9.17) is 22.1 Å². The predicted octanol–water partition coefficient (Wildman–Crippen LogP) is 3.46. The first-order chi connectivity index (χ1) is 13.8. The maximum absolute atomic E-state index is 12.7. The molecule has 29 heavy (non-hydrogen) atoms. The third kappa shape index (κ3) is 5.22. The van der Waals surface area contributed by atoms with E-state index >= 15 is 0 Å². The molecule has 3 rings (SSSR count). The highest BCUT2D eigenvalue weighted by atomic mass is 79.9. The first kappa shape index (κ1) is 21.0. The molecular weight excluding hydrogens is 480 g/mol. The Kier molecular flexibility index (Phi) is 6.68. The SMILES string of the molecule is O=C(O)COc1ccc(Br)cc1/C=C1/SC(=S)N(NC(=O)c2ccccc2)C1=O. The van der Waals surface area contributed by atoms with E-state index in [1.807, 2.05) is 0 Å². The normalized spacial score (nSPS) is 14.9. The average molecular weight is 493 g/mol. The van der Waals surface area contributed by atoms with Gasteiger partial charge in [0.2, 0.25) is 0 Å². The number of hydrazine groups is 1. The molecule has 1 heterocycles. The number of carboxylic acid groups (broad SMARTS) is 1. The zero-order chi connectivity index (χ0) is 21.0. The van der Waals surface area contributed by atoms with Crippen LogP contribution in [0.1, 0.15) is 15.9 Å². The molecule has 1 aliphatic heterocycles. The van der Waals surface area contributed by atoms with Crippen LogP contribution in [0.15, 0.2) is 57.9 Å². The number of hydrogen-bond acceptors (Lipinski definition) is 6. The number of nitrogens with zero attached hydrogens (tertiary/aromatic N) is 1. The van der Waals surface area contributed by atoms with E-state index in [0.717, 1.165) is 21.2 Å². The number of halogens is 1. The molecule has 1 aliphatic rings. The minimum atomic E-state index is -1.12. The van der Waals surface area contributed by atoms with Gasteiger partial charge in [0.05, 0.1) is 4.91 Å². The lowest BCUT2D eigenvalue weighted by molar-refractivity contribution is -0.139. The second kappa shape index (κ2) is 9.21. The molecule has 0 aromatic heterocycles. The van der Waals surface area contributed by atoms with Crippen molar-refractivity contribution in [1.29, 1.82) is 0 Å². The fraction of sp³-hybridized carbons (Fsp3) is 0.0526. The summed E-state index contributed by atoms with van der Waals surface area (Å²) in [6, 6.07) is 13.4. The van der Waals surface area contributed by atoms with Gasteiger partial charge in [-0.3, -0.25) is 15.0 Å². The van der Waals surface area contributed by atoms with Crippen molar-refractivity contribution >= 4 is 68.1 Å². The molecule has 7 nitrogen and oxygen atoms in total. The lowest BCUT2D eigenvalue weighted by Gasteiger charge is -2.15. The van der Waals surface area contributed by atoms with Crippen LogP contribution in [0.5, 0.6) is 5.75 Å². The number of ether oxygens (including phenoxy) is 1. The molecule has 1 fully saturated rings. The van der Waals surface area contributed by atoms with Gasteiger partial charge in [0.1, 0.15) is 5.75 Å². The standard InChI is InChI=1S/C19H13BrN2O5S2/c20-13-6-7-14(27-10-16(23)24)12(8-13)9-15-18(26)22(19(28)29-15)21-17(25)11-4-2-1-3-5-11/h1-9H,10H2,(H,21,25)(H,23,24)/b15-9+. The molecule has 1 saturated heterocycles. The van der Waals surface area contributed by atoms with Gasteiger partial charge in [-0.2, -0.15) is 5.01 Å². The Labute approximate surface area is 183 Å². The third-order valence-electron chi connectivity index (χ3n) is 3.65. The number of aliphatic carboxylic acids is 1. The van der Waals surface area contributed by atoms with Gasteiger partial charge in [-0.15, -0.1) is 0 Å². The molecule has 10 heteroatoms. The largest absolute Gasteiger partial charge is 0.481 e. The first-order valence-corrected chi connectivity index (χ1v) is 10.1. The van der Waals surface area contributed by atoms with Crippen molar-refractivity contribution in [3.8, 4) is 5.75 Å². The van der Waals surface area contributed by atoms with Crippen LogP contribution in [0.2, 0.25) is 0 Å². The third-order valence-corrected chi connectivity index (χ3v) is 5.45. The van der Waals surface area contributed by atoms with E-state index in [0.29, 0.717) is 16.9 Å². The molecule has 2 N–H and O–H groups in total. The van der Waals surface area contributed by atoms with Gasteiger partial charge >= 0.3 is 5.97 Å². The van der Waals surface area contributed by atoms with Crippen LogP contribution in [-0.2, 0) is 9.59 Å². The van der Waals surface area contributed by atoms with Gasteiger partial charge < -0.3 is 9.84 Å². The summed E-state index contributed by atoms with van der Waals surface area (Å²) in [7, 11) is 0. The maximum Gasteiger partial charge on any atom is 0.341 e. The summed E-state index contributed by atoms with van der Waals surface area (Å²) in [5.74, 6) is -1.77. The fourth-order valence-corrected chi connectivity index (χ4v) is 3.91. The van der Waals surface area contributed by atoms with Gasteiger partial charge in [-0.25, -0.2) is 4.79 Å². The molecule has 0 saturated carbocycles. The molecular formula is C19H13BrN2O5S2. The molecule has 2 aromatic carbocycles. The summed E-state index contributed by atoms with van der Waals surface area (Å²) in [5.41, 5.74) is 3.39. The quantitative estimate of drug-likeness (QED) is 0.470. The number of hydrogen-bond donors (Lipinski definition) is 2. The Morgan fingerprint density at radius 3 is 2.66 bits per heavy atom. The molecule has 2 aromatic rings. The fourth-order valence-electron chi connectivity index (χ4n) is 2.36. The van der Waals surface area contributed by atoms with Crippen LogP contribution in [0.4, 0.5) is 0 Å². The molecule has 2 amide bonds. The van der Waals surface area contributed by atoms with Gasteiger partial charge in [0.25, 0.3) is 11.8 Å². The zero-order valence-electron chi connectivity index (χ0n) is 14.6. The van der Waals surface area contributed by atoms with Crippen molar-refractivity contribution in [2.24, 2.45) is 0 Å². The number of carbonyl (C=O) groups excluding carboxylic acids is 2. The van der Waals surface area contributed by atoms with Crippen molar-refractivity contribution in [3.05, 3.63) is 69.0 Å². The van der Waals surface area contributed by atoms with Crippen molar-refractivity contribution in [2.75, 3.05) is 6.61 Å². The first-order valence-electron chi connectivity index (χ1n) is 8.13. The minimum Gasteiger partial charge on any atom is -0.481 e. The second-order valence-corrected chi connectivity index (χ2v) is 8.28. The number of benzene rings is 2. The van der Waals surface area contributed by atoms with E-state index in [9.17, 15) is 14.4 Å². The van der Waals surface area contributed by atoms with Crippen molar-refractivity contribution in [1.82, 2.24) is 10.4 Å². The number of rotatable bonds is 6. The summed E-state index contributed by atoms with van der Waals surface area (Å²) in [4.78, 5) is 36.1. The smallest absolute Gasteiger partial charge is 0.341 e. The highest BCUT2D eigenvalue weighted by molar-refractivity contribution is 9.10. The monoisotopic (exact) mass is 492 g/mol. The summed E-state index contributed by atoms with van der Waals surface area (Å²) >= 11 is 9.57. The zero-order valence-corrected chi connectivity index (χ0v) is 17.8. The number of amides is 2. The minimum absolute atomic E-state index is 0.175. The molecule has 0 aliphatic carbocycles. The number of thioether (sulfide) groups is 1. The molecule has 0 atom stereocenters. The summed E-state index contributed by atoms with van der Waals surface area (Å²) < 4.78 is 6.17. The molecule has 0 bridgehead atoms. The van der Waals surface area contributed by atoms with E-state index in [1.165, 1.54) is 6.08 Å². The Bertz CT molecular complexity index is 1030. The van der Waals surface area contributed by atoms with E-state index < -0.39 is 24.4 Å². The number of carbonyl (C=O) groups is 3. The number of carboxylic acids is 1. The molecule has 148 valence electrons. The lowest BCUT2D eigenvalue weighted by atomic mass is 10.2. The van der Waals surface area contributed by atoms with Crippen molar-refractivity contribution in [3.63, 3.8) is 0 Å². The topological polar surface area (TPSA) is 95.9 Å². The second-order valence-electron chi connectivity index (χ2n) is 5.69. The van der Waals surface area contributed by atoms with Gasteiger partial charge in [0, 0.05) is 15.6 Å². The molecule has 0 radical (unpaired) electrons. The molecule has 0 unspecified atom stereocenters. The van der Waals surface area contributed by atoms with Gasteiger partial charge in [-0.1, -0.05) is 45.9 Å². The van der Waals surface area contributed by atoms with Crippen molar-refractivity contribution in [2.45, 2.75) is 0 Å². The highest BCUT2D eigenvalue weighted by Crippen LogP contribution is 2.34. The highest BCUT2D eigenvalue weighted by Gasteiger charge is 2.34. The van der Waals surface area contributed by atoms with E-state index in [-0.39, 0.29) is 9.23 Å². The average Bonchev–Trinajstić information content (AvgIpc) is 2.95. The number of nitrogens with one attached hydrogen (secondary N) is 1.